The monoisotopic (exact) mass is 275 g/mol. The van der Waals surface area contributed by atoms with Crippen molar-refractivity contribution >= 4 is 21.7 Å². The Balaban J connectivity index is 3.11. The van der Waals surface area contributed by atoms with Gasteiger partial charge in [0.1, 0.15) is 10.7 Å². The Morgan fingerprint density at radius 3 is 2.56 bits per heavy atom. The number of anilines is 1. The highest BCUT2D eigenvalue weighted by Gasteiger charge is 2.29. The number of primary amides is 1. The first-order valence-electron chi connectivity index (χ1n) is 5.32. The molecule has 8 nitrogen and oxygen atoms in total. The summed E-state index contributed by atoms with van der Waals surface area (Å²) in [5, 5.41) is 5.90. The number of hydrogen-bond donors (Lipinski definition) is 3. The van der Waals surface area contributed by atoms with Crippen molar-refractivity contribution in [2.75, 3.05) is 18.8 Å². The van der Waals surface area contributed by atoms with Crippen LogP contribution in [0, 0.1) is 5.92 Å². The lowest BCUT2D eigenvalue weighted by Crippen LogP contribution is -2.40. The number of amides is 1. The summed E-state index contributed by atoms with van der Waals surface area (Å²) in [4.78, 5) is 10.8. The summed E-state index contributed by atoms with van der Waals surface area (Å²) < 4.78 is 25.5. The van der Waals surface area contributed by atoms with Crippen LogP contribution in [0.15, 0.2) is 11.1 Å². The van der Waals surface area contributed by atoms with Crippen molar-refractivity contribution in [3.05, 3.63) is 6.20 Å². The van der Waals surface area contributed by atoms with Crippen LogP contribution in [-0.2, 0) is 14.8 Å². The van der Waals surface area contributed by atoms with Crippen LogP contribution in [-0.4, -0.2) is 41.9 Å². The van der Waals surface area contributed by atoms with E-state index in [9.17, 15) is 13.2 Å². The third kappa shape index (κ3) is 3.20. The minimum absolute atomic E-state index is 0.0484. The summed E-state index contributed by atoms with van der Waals surface area (Å²) in [6, 6.07) is 0. The van der Waals surface area contributed by atoms with Crippen molar-refractivity contribution < 1.29 is 13.2 Å². The van der Waals surface area contributed by atoms with Gasteiger partial charge in [-0.15, -0.1) is 0 Å². The molecule has 1 amide bonds. The predicted octanol–water partition coefficient (Wildman–Crippen LogP) is -0.876. The lowest BCUT2D eigenvalue weighted by Gasteiger charge is -2.21. The maximum Gasteiger partial charge on any atom is 0.248 e. The highest BCUT2D eigenvalue weighted by atomic mass is 32.2. The fourth-order valence-corrected chi connectivity index (χ4v) is 3.04. The normalized spacial score (nSPS) is 12.2. The fourth-order valence-electron chi connectivity index (χ4n) is 1.46. The van der Waals surface area contributed by atoms with E-state index in [2.05, 4.69) is 10.2 Å². The van der Waals surface area contributed by atoms with Crippen molar-refractivity contribution in [2.24, 2.45) is 11.7 Å². The molecule has 1 heterocycles. The van der Waals surface area contributed by atoms with Gasteiger partial charge < -0.3 is 11.5 Å². The SMILES string of the molecule is CC(C)CN(CC(N)=O)S(=O)(=O)c1cn[nH]c1N. The third-order valence-corrected chi connectivity index (χ3v) is 3.99. The maximum absolute atomic E-state index is 12.3. The van der Waals surface area contributed by atoms with Crippen LogP contribution < -0.4 is 11.5 Å². The molecule has 0 radical (unpaired) electrons. The number of hydrogen-bond acceptors (Lipinski definition) is 5. The summed E-state index contributed by atoms with van der Waals surface area (Å²) in [6.45, 7) is 3.46. The van der Waals surface area contributed by atoms with Crippen LogP contribution in [0.2, 0.25) is 0 Å². The van der Waals surface area contributed by atoms with E-state index in [0.29, 0.717) is 0 Å². The molecule has 0 spiro atoms. The van der Waals surface area contributed by atoms with Crippen LogP contribution >= 0.6 is 0 Å². The van der Waals surface area contributed by atoms with Crippen molar-refractivity contribution in [1.29, 1.82) is 0 Å². The first-order chi connectivity index (χ1) is 8.25. The molecule has 0 aliphatic rings. The van der Waals surface area contributed by atoms with Gasteiger partial charge in [0, 0.05) is 6.54 Å². The molecule has 1 aromatic rings. The molecule has 0 aliphatic heterocycles. The number of carbonyl (C=O) groups excluding carboxylic acids is 1. The standard InChI is InChI=1S/C9H17N5O3S/c1-6(2)4-14(5-8(10)15)18(16,17)7-3-12-13-9(7)11/h3,6H,4-5H2,1-2H3,(H2,10,15)(H3,11,12,13). The van der Waals surface area contributed by atoms with Crippen LogP contribution in [0.4, 0.5) is 5.82 Å². The summed E-state index contributed by atoms with van der Waals surface area (Å²) in [5.41, 5.74) is 10.5. The topological polar surface area (TPSA) is 135 Å². The van der Waals surface area contributed by atoms with Crippen molar-refractivity contribution in [1.82, 2.24) is 14.5 Å². The minimum atomic E-state index is -3.86. The highest BCUT2D eigenvalue weighted by Crippen LogP contribution is 2.20. The minimum Gasteiger partial charge on any atom is -0.383 e. The maximum atomic E-state index is 12.3. The molecular formula is C9H17N5O3S. The van der Waals surface area contributed by atoms with Crippen molar-refractivity contribution in [2.45, 2.75) is 18.7 Å². The molecule has 0 fully saturated rings. The van der Waals surface area contributed by atoms with Gasteiger partial charge in [-0.25, -0.2) is 8.42 Å². The van der Waals surface area contributed by atoms with Crippen LogP contribution in [0.5, 0.6) is 0 Å². The molecule has 0 atom stereocenters. The molecule has 0 aromatic carbocycles. The van der Waals surface area contributed by atoms with E-state index in [0.717, 1.165) is 10.5 Å². The molecule has 0 unspecified atom stereocenters. The molecule has 5 N–H and O–H groups in total. The number of nitrogen functional groups attached to an aromatic ring is 1. The zero-order chi connectivity index (χ0) is 13.9. The molecule has 0 saturated heterocycles. The largest absolute Gasteiger partial charge is 0.383 e. The highest BCUT2D eigenvalue weighted by molar-refractivity contribution is 7.89. The summed E-state index contributed by atoms with van der Waals surface area (Å²) in [5.74, 6) is -0.734. The van der Waals surface area contributed by atoms with Gasteiger partial charge in [-0.1, -0.05) is 13.8 Å². The van der Waals surface area contributed by atoms with E-state index in [1.165, 1.54) is 0 Å². The molecule has 0 bridgehead atoms. The summed E-state index contributed by atoms with van der Waals surface area (Å²) in [7, 11) is -3.86. The van der Waals surface area contributed by atoms with E-state index in [4.69, 9.17) is 11.5 Å². The summed E-state index contributed by atoms with van der Waals surface area (Å²) >= 11 is 0. The van der Waals surface area contributed by atoms with Gasteiger partial charge >= 0.3 is 0 Å². The second kappa shape index (κ2) is 5.36. The van der Waals surface area contributed by atoms with E-state index in [-0.39, 0.29) is 29.7 Å². The first kappa shape index (κ1) is 14.5. The van der Waals surface area contributed by atoms with Gasteiger partial charge in [0.2, 0.25) is 15.9 Å². The lowest BCUT2D eigenvalue weighted by atomic mass is 10.2. The number of H-pyrrole nitrogens is 1. The Kier molecular flexibility index (Phi) is 4.30. The molecule has 9 heteroatoms. The molecule has 0 aliphatic carbocycles. The van der Waals surface area contributed by atoms with Gasteiger partial charge in [0.25, 0.3) is 0 Å². The number of sulfonamides is 1. The quantitative estimate of drug-likeness (QED) is 0.619. The average molecular weight is 275 g/mol. The number of aromatic amines is 1. The number of rotatable bonds is 6. The van der Waals surface area contributed by atoms with Crippen LogP contribution in [0.3, 0.4) is 0 Å². The van der Waals surface area contributed by atoms with Crippen LogP contribution in [0.25, 0.3) is 0 Å². The third-order valence-electron chi connectivity index (χ3n) is 2.15. The average Bonchev–Trinajstić information content (AvgIpc) is 2.62. The molecule has 1 rings (SSSR count). The van der Waals surface area contributed by atoms with E-state index < -0.39 is 15.9 Å². The number of nitrogens with one attached hydrogen (secondary N) is 1. The predicted molar refractivity (Wildman–Crippen MR) is 65.8 cm³/mol. The van der Waals surface area contributed by atoms with Gasteiger partial charge in [-0.3, -0.25) is 9.89 Å². The van der Waals surface area contributed by atoms with Gasteiger partial charge in [-0.2, -0.15) is 9.40 Å². The zero-order valence-corrected chi connectivity index (χ0v) is 11.1. The first-order valence-corrected chi connectivity index (χ1v) is 6.76. The second-order valence-electron chi connectivity index (χ2n) is 4.31. The number of nitrogens with zero attached hydrogens (tertiary/aromatic N) is 2. The Hall–Kier alpha value is -1.61. The number of carbonyl (C=O) groups is 1. The Morgan fingerprint density at radius 1 is 1.56 bits per heavy atom. The second-order valence-corrected chi connectivity index (χ2v) is 6.21. The Bertz CT molecular complexity index is 522. The molecule has 18 heavy (non-hydrogen) atoms. The molecule has 102 valence electrons. The lowest BCUT2D eigenvalue weighted by molar-refractivity contribution is -0.118. The molecular weight excluding hydrogens is 258 g/mol. The van der Waals surface area contributed by atoms with E-state index in [1.807, 2.05) is 13.8 Å². The Morgan fingerprint density at radius 2 is 2.17 bits per heavy atom. The van der Waals surface area contributed by atoms with E-state index in [1.54, 1.807) is 0 Å². The fraction of sp³-hybridized carbons (Fsp3) is 0.556. The smallest absolute Gasteiger partial charge is 0.248 e. The van der Waals surface area contributed by atoms with Gasteiger partial charge in [0.05, 0.1) is 12.7 Å². The van der Waals surface area contributed by atoms with Gasteiger partial charge in [0.15, 0.2) is 0 Å². The number of aromatic nitrogens is 2. The summed E-state index contributed by atoms with van der Waals surface area (Å²) in [6.07, 6.45) is 1.11. The molecule has 0 saturated carbocycles. The van der Waals surface area contributed by atoms with Crippen molar-refractivity contribution in [3.63, 3.8) is 0 Å². The zero-order valence-electron chi connectivity index (χ0n) is 10.3. The Labute approximate surface area is 105 Å². The van der Waals surface area contributed by atoms with Crippen molar-refractivity contribution in [3.8, 4) is 0 Å². The van der Waals surface area contributed by atoms with E-state index >= 15 is 0 Å². The van der Waals surface area contributed by atoms with Crippen LogP contribution in [0.1, 0.15) is 13.8 Å². The molecule has 1 aromatic heterocycles. The number of nitrogens with two attached hydrogens (primary N) is 2. The van der Waals surface area contributed by atoms with Gasteiger partial charge in [-0.05, 0) is 5.92 Å².